The van der Waals surface area contributed by atoms with Crippen LogP contribution in [-0.2, 0) is 10.0 Å². The van der Waals surface area contributed by atoms with Gasteiger partial charge in [0, 0.05) is 5.54 Å². The molecule has 0 radical (unpaired) electrons. The van der Waals surface area contributed by atoms with Gasteiger partial charge < -0.3 is 5.73 Å². The maximum Gasteiger partial charge on any atom is 0.250 e. The Morgan fingerprint density at radius 1 is 1.56 bits per heavy atom. The standard InChI is InChI=1S/C11H16N2O2S3/c1-2-11(6-3-7-11)13-18(14,15)9-5-4-8(17-9)10(12)16/h4-5,13H,2-3,6-7H2,1H3,(H2,12,16). The maximum atomic E-state index is 12.3. The summed E-state index contributed by atoms with van der Waals surface area (Å²) in [5, 5.41) is 0. The van der Waals surface area contributed by atoms with Crippen LogP contribution in [0.5, 0.6) is 0 Å². The summed E-state index contributed by atoms with van der Waals surface area (Å²) >= 11 is 5.95. The van der Waals surface area contributed by atoms with Crippen molar-refractivity contribution >= 4 is 38.6 Å². The molecule has 3 N–H and O–H groups in total. The predicted molar refractivity (Wildman–Crippen MR) is 77.4 cm³/mol. The molecule has 0 spiro atoms. The zero-order chi connectivity index (χ0) is 13.4. The highest BCUT2D eigenvalue weighted by Crippen LogP contribution is 2.36. The molecule has 7 heteroatoms. The molecule has 1 aromatic rings. The molecule has 1 aromatic heterocycles. The second-order valence-corrected chi connectivity index (χ2v) is 8.01. The number of nitrogens with two attached hydrogens (primary N) is 1. The van der Waals surface area contributed by atoms with E-state index in [0.717, 1.165) is 37.0 Å². The second-order valence-electron chi connectivity index (χ2n) is 4.58. The minimum Gasteiger partial charge on any atom is -0.389 e. The number of nitrogens with one attached hydrogen (secondary N) is 1. The van der Waals surface area contributed by atoms with Gasteiger partial charge in [0.05, 0.1) is 4.88 Å². The van der Waals surface area contributed by atoms with E-state index in [0.29, 0.717) is 4.88 Å². The summed E-state index contributed by atoms with van der Waals surface area (Å²) < 4.78 is 27.6. The first-order valence-electron chi connectivity index (χ1n) is 5.82. The normalized spacial score (nSPS) is 18.3. The van der Waals surface area contributed by atoms with Gasteiger partial charge in [-0.3, -0.25) is 0 Å². The van der Waals surface area contributed by atoms with E-state index in [4.69, 9.17) is 18.0 Å². The van der Waals surface area contributed by atoms with E-state index in [2.05, 4.69) is 4.72 Å². The number of rotatable bonds is 5. The summed E-state index contributed by atoms with van der Waals surface area (Å²) in [6.07, 6.45) is 3.73. The number of thiophene rings is 1. The van der Waals surface area contributed by atoms with Crippen LogP contribution in [0, 0.1) is 0 Å². The highest BCUT2D eigenvalue weighted by Gasteiger charge is 2.39. The molecule has 1 saturated carbocycles. The molecule has 18 heavy (non-hydrogen) atoms. The quantitative estimate of drug-likeness (QED) is 0.816. The van der Waals surface area contributed by atoms with Gasteiger partial charge in [0.15, 0.2) is 0 Å². The van der Waals surface area contributed by atoms with E-state index < -0.39 is 10.0 Å². The lowest BCUT2D eigenvalue weighted by Crippen LogP contribution is -2.52. The predicted octanol–water partition coefficient (Wildman–Crippen LogP) is 1.99. The van der Waals surface area contributed by atoms with Gasteiger partial charge in [-0.05, 0) is 37.8 Å². The molecule has 2 rings (SSSR count). The van der Waals surface area contributed by atoms with Gasteiger partial charge in [0.1, 0.15) is 9.20 Å². The van der Waals surface area contributed by atoms with Crippen molar-refractivity contribution in [1.82, 2.24) is 4.72 Å². The molecule has 0 aromatic carbocycles. The van der Waals surface area contributed by atoms with Crippen LogP contribution in [0.3, 0.4) is 0 Å². The molecular weight excluding hydrogens is 288 g/mol. The smallest absolute Gasteiger partial charge is 0.250 e. The van der Waals surface area contributed by atoms with Crippen molar-refractivity contribution < 1.29 is 8.42 Å². The molecule has 0 saturated heterocycles. The van der Waals surface area contributed by atoms with Crippen LogP contribution >= 0.6 is 23.6 Å². The SMILES string of the molecule is CCC1(NS(=O)(=O)c2ccc(C(N)=S)s2)CCC1. The number of hydrogen-bond acceptors (Lipinski definition) is 4. The molecule has 100 valence electrons. The van der Waals surface area contributed by atoms with Gasteiger partial charge in [-0.1, -0.05) is 19.1 Å². The zero-order valence-corrected chi connectivity index (χ0v) is 12.6. The van der Waals surface area contributed by atoms with Gasteiger partial charge in [-0.15, -0.1) is 11.3 Å². The molecule has 0 aliphatic heterocycles. The third-order valence-electron chi connectivity index (χ3n) is 3.43. The van der Waals surface area contributed by atoms with Crippen LogP contribution in [0.1, 0.15) is 37.5 Å². The minimum atomic E-state index is -3.45. The Morgan fingerprint density at radius 3 is 2.61 bits per heavy atom. The number of sulfonamides is 1. The fourth-order valence-electron chi connectivity index (χ4n) is 2.06. The Hall–Kier alpha value is -0.500. The third kappa shape index (κ3) is 2.59. The van der Waals surface area contributed by atoms with Crippen LogP contribution in [0.2, 0.25) is 0 Å². The fourth-order valence-corrected chi connectivity index (χ4v) is 4.95. The van der Waals surface area contributed by atoms with Gasteiger partial charge in [0.2, 0.25) is 0 Å². The van der Waals surface area contributed by atoms with Gasteiger partial charge >= 0.3 is 0 Å². The van der Waals surface area contributed by atoms with Crippen LogP contribution in [0.15, 0.2) is 16.3 Å². The second kappa shape index (κ2) is 4.88. The summed E-state index contributed by atoms with van der Waals surface area (Å²) in [5.41, 5.74) is 5.24. The van der Waals surface area contributed by atoms with E-state index in [9.17, 15) is 8.42 Å². The first kappa shape index (κ1) is 13.9. The molecule has 1 heterocycles. The van der Waals surface area contributed by atoms with Crippen molar-refractivity contribution in [1.29, 1.82) is 0 Å². The van der Waals surface area contributed by atoms with Crippen molar-refractivity contribution in [2.24, 2.45) is 5.73 Å². The van der Waals surface area contributed by atoms with Crippen molar-refractivity contribution in [2.75, 3.05) is 0 Å². The van der Waals surface area contributed by atoms with Crippen LogP contribution in [0.4, 0.5) is 0 Å². The molecular formula is C11H16N2O2S3. The summed E-state index contributed by atoms with van der Waals surface area (Å²) in [7, 11) is -3.45. The van der Waals surface area contributed by atoms with E-state index in [-0.39, 0.29) is 14.7 Å². The summed E-state index contributed by atoms with van der Waals surface area (Å²) in [4.78, 5) is 0.861. The van der Waals surface area contributed by atoms with Gasteiger partial charge in [-0.25, -0.2) is 13.1 Å². The average molecular weight is 304 g/mol. The maximum absolute atomic E-state index is 12.3. The average Bonchev–Trinajstić information content (AvgIpc) is 2.73. The van der Waals surface area contributed by atoms with Crippen LogP contribution in [-0.4, -0.2) is 18.9 Å². The Kier molecular flexibility index (Phi) is 3.77. The van der Waals surface area contributed by atoms with Crippen LogP contribution < -0.4 is 10.5 Å². The molecule has 0 unspecified atom stereocenters. The van der Waals surface area contributed by atoms with E-state index in [1.807, 2.05) is 6.92 Å². The van der Waals surface area contributed by atoms with Gasteiger partial charge in [0.25, 0.3) is 10.0 Å². The third-order valence-corrected chi connectivity index (χ3v) is 6.97. The topological polar surface area (TPSA) is 72.2 Å². The molecule has 1 aliphatic carbocycles. The molecule has 4 nitrogen and oxygen atoms in total. The first-order chi connectivity index (χ1) is 8.38. The molecule has 0 amide bonds. The first-order valence-corrected chi connectivity index (χ1v) is 8.53. The largest absolute Gasteiger partial charge is 0.389 e. The van der Waals surface area contributed by atoms with Crippen molar-refractivity contribution in [3.05, 3.63) is 17.0 Å². The zero-order valence-electron chi connectivity index (χ0n) is 10.1. The molecule has 1 fully saturated rings. The fraction of sp³-hybridized carbons (Fsp3) is 0.545. The Morgan fingerprint density at radius 2 is 2.22 bits per heavy atom. The summed E-state index contributed by atoms with van der Waals surface area (Å²) in [6, 6.07) is 3.21. The van der Waals surface area contributed by atoms with Crippen molar-refractivity contribution in [3.8, 4) is 0 Å². The summed E-state index contributed by atoms with van der Waals surface area (Å²) in [6.45, 7) is 2.01. The van der Waals surface area contributed by atoms with Crippen molar-refractivity contribution in [3.63, 3.8) is 0 Å². The molecule has 1 aliphatic rings. The Bertz CT molecular complexity index is 553. The summed E-state index contributed by atoms with van der Waals surface area (Å²) in [5.74, 6) is 0. The lowest BCUT2D eigenvalue weighted by Gasteiger charge is -2.41. The van der Waals surface area contributed by atoms with Crippen molar-refractivity contribution in [2.45, 2.75) is 42.4 Å². The molecule has 0 bridgehead atoms. The lowest BCUT2D eigenvalue weighted by atomic mass is 9.76. The number of thiocarbonyl (C=S) groups is 1. The highest BCUT2D eigenvalue weighted by atomic mass is 32.2. The Labute approximate surface area is 117 Å². The Balaban J connectivity index is 2.22. The lowest BCUT2D eigenvalue weighted by molar-refractivity contribution is 0.214. The number of hydrogen-bond donors (Lipinski definition) is 2. The van der Waals surface area contributed by atoms with Gasteiger partial charge in [-0.2, -0.15) is 0 Å². The minimum absolute atomic E-state index is 0.232. The van der Waals surface area contributed by atoms with Crippen LogP contribution in [0.25, 0.3) is 0 Å². The highest BCUT2D eigenvalue weighted by molar-refractivity contribution is 7.91. The monoisotopic (exact) mass is 304 g/mol. The van der Waals surface area contributed by atoms with E-state index in [1.54, 1.807) is 12.1 Å². The molecule has 0 atom stereocenters. The van der Waals surface area contributed by atoms with E-state index in [1.165, 1.54) is 0 Å². The van der Waals surface area contributed by atoms with E-state index >= 15 is 0 Å².